The van der Waals surface area contributed by atoms with Crippen molar-refractivity contribution in [3.8, 4) is 0 Å². The van der Waals surface area contributed by atoms with Crippen LogP contribution in [0.15, 0.2) is 48.7 Å². The zero-order valence-corrected chi connectivity index (χ0v) is 13.3. The van der Waals surface area contributed by atoms with Crippen LogP contribution in [0.25, 0.3) is 0 Å². The molecule has 0 radical (unpaired) electrons. The smallest absolute Gasteiger partial charge is 0.239 e. The molecule has 1 amide bonds. The summed E-state index contributed by atoms with van der Waals surface area (Å²) in [6.45, 7) is -0.401. The maximum absolute atomic E-state index is 13.1. The fraction of sp³-hybridized carbons (Fsp3) is 0.200. The Morgan fingerprint density at radius 3 is 2.65 bits per heavy atom. The van der Waals surface area contributed by atoms with E-state index < -0.39 is 21.7 Å². The first-order valence-electron chi connectivity index (χ1n) is 6.75. The van der Waals surface area contributed by atoms with E-state index in [4.69, 9.17) is 0 Å². The minimum atomic E-state index is -3.60. The standard InChI is InChI=1S/C15H16FN3O3S/c1-23(21,22)19(10-14-6-2-3-8-17-14)11-15(20)18-13-7-4-5-12(16)9-13/h2-9H,10-11H2,1H3,(H,18,20). The lowest BCUT2D eigenvalue weighted by Gasteiger charge is -2.19. The number of benzene rings is 1. The number of carbonyl (C=O) groups is 1. The van der Waals surface area contributed by atoms with Crippen molar-refractivity contribution in [3.05, 3.63) is 60.2 Å². The highest BCUT2D eigenvalue weighted by atomic mass is 32.2. The molecule has 0 spiro atoms. The van der Waals surface area contributed by atoms with E-state index in [9.17, 15) is 17.6 Å². The highest BCUT2D eigenvalue weighted by Crippen LogP contribution is 2.10. The van der Waals surface area contributed by atoms with Crippen molar-refractivity contribution in [2.24, 2.45) is 0 Å². The average molecular weight is 337 g/mol. The van der Waals surface area contributed by atoms with Gasteiger partial charge in [-0.1, -0.05) is 12.1 Å². The van der Waals surface area contributed by atoms with Gasteiger partial charge in [0.1, 0.15) is 5.82 Å². The van der Waals surface area contributed by atoms with Gasteiger partial charge in [-0.15, -0.1) is 0 Å². The normalized spacial score (nSPS) is 11.4. The van der Waals surface area contributed by atoms with Crippen molar-refractivity contribution in [1.29, 1.82) is 0 Å². The molecule has 0 saturated heterocycles. The van der Waals surface area contributed by atoms with Crippen molar-refractivity contribution in [2.75, 3.05) is 18.1 Å². The molecule has 0 aliphatic carbocycles. The van der Waals surface area contributed by atoms with E-state index in [0.29, 0.717) is 5.69 Å². The molecule has 0 aliphatic heterocycles. The minimum Gasteiger partial charge on any atom is -0.325 e. The molecule has 1 aromatic carbocycles. The Morgan fingerprint density at radius 2 is 2.04 bits per heavy atom. The summed E-state index contributed by atoms with van der Waals surface area (Å²) in [6, 6.07) is 10.5. The van der Waals surface area contributed by atoms with Crippen LogP contribution in [-0.2, 0) is 21.4 Å². The van der Waals surface area contributed by atoms with Crippen LogP contribution in [0.5, 0.6) is 0 Å². The number of sulfonamides is 1. The topological polar surface area (TPSA) is 79.4 Å². The second-order valence-electron chi connectivity index (χ2n) is 4.91. The summed E-state index contributed by atoms with van der Waals surface area (Å²) in [5.41, 5.74) is 0.790. The maximum atomic E-state index is 13.1. The molecule has 1 heterocycles. The Hall–Kier alpha value is -2.32. The molecule has 2 rings (SSSR count). The summed E-state index contributed by atoms with van der Waals surface area (Å²) in [4.78, 5) is 16.1. The molecule has 0 atom stereocenters. The lowest BCUT2D eigenvalue weighted by atomic mass is 10.3. The Kier molecular flexibility index (Phi) is 5.41. The monoisotopic (exact) mass is 337 g/mol. The van der Waals surface area contributed by atoms with Gasteiger partial charge in [-0.05, 0) is 30.3 Å². The van der Waals surface area contributed by atoms with Crippen molar-refractivity contribution in [3.63, 3.8) is 0 Å². The minimum absolute atomic E-state index is 0.0176. The third-order valence-corrected chi connectivity index (χ3v) is 4.16. The fourth-order valence-corrected chi connectivity index (χ4v) is 2.61. The molecule has 1 aromatic heterocycles. The number of carbonyl (C=O) groups excluding carboxylic acids is 1. The van der Waals surface area contributed by atoms with Crippen LogP contribution in [0.1, 0.15) is 5.69 Å². The maximum Gasteiger partial charge on any atom is 0.239 e. The largest absolute Gasteiger partial charge is 0.325 e. The molecule has 0 saturated carbocycles. The Labute approximate surface area is 134 Å². The molecule has 23 heavy (non-hydrogen) atoms. The predicted molar refractivity (Wildman–Crippen MR) is 84.5 cm³/mol. The number of halogens is 1. The first-order chi connectivity index (χ1) is 10.8. The van der Waals surface area contributed by atoms with Crippen LogP contribution in [-0.4, -0.2) is 36.4 Å². The van der Waals surface area contributed by atoms with Gasteiger partial charge < -0.3 is 5.32 Å². The van der Waals surface area contributed by atoms with Gasteiger partial charge in [0.15, 0.2) is 0 Å². The molecule has 0 fully saturated rings. The third-order valence-electron chi connectivity index (χ3n) is 2.96. The lowest BCUT2D eigenvalue weighted by Crippen LogP contribution is -2.37. The van der Waals surface area contributed by atoms with Crippen LogP contribution < -0.4 is 5.32 Å². The number of amides is 1. The highest BCUT2D eigenvalue weighted by molar-refractivity contribution is 7.88. The number of rotatable bonds is 6. The molecule has 0 aliphatic rings. The van der Waals surface area contributed by atoms with Crippen LogP contribution >= 0.6 is 0 Å². The highest BCUT2D eigenvalue weighted by Gasteiger charge is 2.21. The van der Waals surface area contributed by atoms with Crippen LogP contribution in [0, 0.1) is 5.82 Å². The van der Waals surface area contributed by atoms with Crippen molar-refractivity contribution in [1.82, 2.24) is 9.29 Å². The summed E-state index contributed by atoms with van der Waals surface area (Å²) in [5.74, 6) is -1.05. The van der Waals surface area contributed by atoms with Gasteiger partial charge in [-0.3, -0.25) is 9.78 Å². The van der Waals surface area contributed by atoms with Gasteiger partial charge in [0, 0.05) is 11.9 Å². The molecule has 8 heteroatoms. The van der Waals surface area contributed by atoms with Crippen molar-refractivity contribution < 1.29 is 17.6 Å². The van der Waals surface area contributed by atoms with E-state index in [1.807, 2.05) is 0 Å². The molecule has 6 nitrogen and oxygen atoms in total. The molecule has 0 unspecified atom stereocenters. The molecule has 1 N–H and O–H groups in total. The van der Waals surface area contributed by atoms with Crippen molar-refractivity contribution in [2.45, 2.75) is 6.54 Å². The number of pyridine rings is 1. The molecular formula is C15H16FN3O3S. The zero-order chi connectivity index (χ0) is 16.9. The van der Waals surface area contributed by atoms with Crippen LogP contribution in [0.2, 0.25) is 0 Å². The van der Waals surface area contributed by atoms with E-state index in [2.05, 4.69) is 10.3 Å². The summed E-state index contributed by atoms with van der Waals surface area (Å²) in [5, 5.41) is 2.47. The zero-order valence-electron chi connectivity index (χ0n) is 12.4. The fourth-order valence-electron chi connectivity index (χ4n) is 1.89. The second-order valence-corrected chi connectivity index (χ2v) is 6.89. The van der Waals surface area contributed by atoms with Gasteiger partial charge >= 0.3 is 0 Å². The van der Waals surface area contributed by atoms with Crippen LogP contribution in [0.4, 0.5) is 10.1 Å². The summed E-state index contributed by atoms with van der Waals surface area (Å²) in [6.07, 6.45) is 2.56. The van der Waals surface area contributed by atoms with E-state index in [1.54, 1.807) is 24.4 Å². The van der Waals surface area contributed by atoms with E-state index >= 15 is 0 Å². The van der Waals surface area contributed by atoms with Gasteiger partial charge in [0.2, 0.25) is 15.9 Å². The van der Waals surface area contributed by atoms with Crippen LogP contribution in [0.3, 0.4) is 0 Å². The quantitative estimate of drug-likeness (QED) is 0.869. The van der Waals surface area contributed by atoms with Gasteiger partial charge in [0.25, 0.3) is 0 Å². The molecular weight excluding hydrogens is 321 g/mol. The lowest BCUT2D eigenvalue weighted by molar-refractivity contribution is -0.116. The van der Waals surface area contributed by atoms with E-state index in [-0.39, 0.29) is 18.8 Å². The number of anilines is 1. The van der Waals surface area contributed by atoms with Gasteiger partial charge in [-0.2, -0.15) is 4.31 Å². The second kappa shape index (κ2) is 7.30. The Bertz CT molecular complexity index is 782. The first-order valence-corrected chi connectivity index (χ1v) is 8.60. The predicted octanol–water partition coefficient (Wildman–Crippen LogP) is 1.62. The summed E-state index contributed by atoms with van der Waals surface area (Å²) in [7, 11) is -3.60. The molecule has 0 bridgehead atoms. The Balaban J connectivity index is 2.07. The van der Waals surface area contributed by atoms with Crippen molar-refractivity contribution >= 4 is 21.6 Å². The summed E-state index contributed by atoms with van der Waals surface area (Å²) < 4.78 is 37.8. The number of hydrogen-bond acceptors (Lipinski definition) is 4. The van der Waals surface area contributed by atoms with Gasteiger partial charge in [-0.25, -0.2) is 12.8 Å². The summed E-state index contributed by atoms with van der Waals surface area (Å²) >= 11 is 0. The average Bonchev–Trinajstić information content (AvgIpc) is 2.46. The number of nitrogens with one attached hydrogen (secondary N) is 1. The van der Waals surface area contributed by atoms with E-state index in [1.165, 1.54) is 18.2 Å². The Morgan fingerprint density at radius 1 is 1.26 bits per heavy atom. The number of nitrogens with zero attached hydrogens (tertiary/aromatic N) is 2. The van der Waals surface area contributed by atoms with Gasteiger partial charge in [0.05, 0.1) is 25.0 Å². The van der Waals surface area contributed by atoms with E-state index in [0.717, 1.165) is 16.6 Å². The third kappa shape index (κ3) is 5.42. The molecule has 2 aromatic rings. The molecule has 122 valence electrons. The number of aromatic nitrogens is 1. The SMILES string of the molecule is CS(=O)(=O)N(CC(=O)Nc1cccc(F)c1)Cc1ccccn1. The first kappa shape index (κ1) is 17.0. The number of hydrogen-bond donors (Lipinski definition) is 1.